The van der Waals surface area contributed by atoms with Crippen molar-refractivity contribution in [3.8, 4) is 0 Å². The predicted octanol–water partition coefficient (Wildman–Crippen LogP) is 4.33. The molecule has 3 unspecified atom stereocenters. The lowest BCUT2D eigenvalue weighted by molar-refractivity contribution is -0.267. The molecule has 2 rings (SSSR count). The number of amides is 1. The van der Waals surface area contributed by atoms with E-state index >= 15 is 0 Å². The number of aliphatic hydroxyl groups is 3. The summed E-state index contributed by atoms with van der Waals surface area (Å²) in [5.41, 5.74) is 0.726. The van der Waals surface area contributed by atoms with Gasteiger partial charge >= 0.3 is 5.97 Å². The number of ketones is 1. The quantitative estimate of drug-likeness (QED) is 0.0970. The van der Waals surface area contributed by atoms with Crippen LogP contribution in [0.2, 0.25) is 0 Å². The number of nitrogens with zero attached hydrogens (tertiary/aromatic N) is 1. The summed E-state index contributed by atoms with van der Waals surface area (Å²) in [6, 6.07) is -0.894. The number of aliphatic hydroxyl groups excluding tert-OH is 3. The van der Waals surface area contributed by atoms with Gasteiger partial charge in [0.1, 0.15) is 17.4 Å². The van der Waals surface area contributed by atoms with E-state index in [1.165, 1.54) is 19.2 Å². The van der Waals surface area contributed by atoms with Crippen LogP contribution in [0.1, 0.15) is 53.9 Å². The largest absolute Gasteiger partial charge is 0.507 e. The number of rotatable bonds is 14. The molecule has 0 aromatic rings. The highest BCUT2D eigenvalue weighted by Gasteiger charge is 2.42. The molecule has 7 atom stereocenters. The van der Waals surface area contributed by atoms with Crippen LogP contribution in [0.3, 0.4) is 0 Å². The topological polar surface area (TPSA) is 154 Å². The molecule has 0 aromatic carbocycles. The molecule has 0 bridgehead atoms. The summed E-state index contributed by atoms with van der Waals surface area (Å²) in [5, 5.41) is 39.1. The number of hydrogen-bond donors (Lipinski definition) is 4. The van der Waals surface area contributed by atoms with Crippen LogP contribution in [0, 0.1) is 11.8 Å². The second-order valence-corrected chi connectivity index (χ2v) is 11.5. The number of hydrogen-bond acceptors (Lipinski definition) is 8. The lowest BCUT2D eigenvalue weighted by Gasteiger charge is -2.38. The Morgan fingerprint density at radius 1 is 1.00 bits per heavy atom. The van der Waals surface area contributed by atoms with Gasteiger partial charge < -0.3 is 34.8 Å². The fourth-order valence-corrected chi connectivity index (χ4v) is 5.15. The molecular formula is C34H47NO9. The van der Waals surface area contributed by atoms with E-state index < -0.39 is 54.1 Å². The maximum absolute atomic E-state index is 12.5. The highest BCUT2D eigenvalue weighted by Crippen LogP contribution is 2.28. The summed E-state index contributed by atoms with van der Waals surface area (Å²) in [7, 11) is 1.41. The van der Waals surface area contributed by atoms with Gasteiger partial charge in [-0.05, 0) is 32.3 Å². The van der Waals surface area contributed by atoms with E-state index in [0.717, 1.165) is 10.5 Å². The van der Waals surface area contributed by atoms with Crippen molar-refractivity contribution in [2.24, 2.45) is 11.8 Å². The Bertz CT molecular complexity index is 1210. The average Bonchev–Trinajstić information content (AvgIpc) is 3.16. The molecule has 44 heavy (non-hydrogen) atoms. The van der Waals surface area contributed by atoms with Gasteiger partial charge in [-0.15, -0.1) is 0 Å². The fraction of sp³-hybridized carbons (Fsp3) is 0.500. The Balaban J connectivity index is 1.87. The highest BCUT2D eigenvalue weighted by atomic mass is 16.7. The molecule has 0 aromatic heterocycles. The first-order valence-corrected chi connectivity index (χ1v) is 14.9. The minimum Gasteiger partial charge on any atom is -0.507 e. The smallest absolute Gasteiger partial charge is 0.303 e. The lowest BCUT2D eigenvalue weighted by Crippen LogP contribution is -2.49. The molecule has 10 heteroatoms. The van der Waals surface area contributed by atoms with Crippen LogP contribution in [0.15, 0.2) is 83.7 Å². The third kappa shape index (κ3) is 10.9. The minimum absolute atomic E-state index is 0.0119. The molecule has 10 nitrogen and oxygen atoms in total. The summed E-state index contributed by atoms with van der Waals surface area (Å²) in [6.07, 6.45) is 16.4. The number of carbonyl (C=O) groups is 3. The Morgan fingerprint density at radius 3 is 2.11 bits per heavy atom. The van der Waals surface area contributed by atoms with Gasteiger partial charge in [0.05, 0.1) is 24.4 Å². The fourth-order valence-electron chi connectivity index (χ4n) is 5.15. The molecule has 2 fully saturated rings. The SMILES string of the molecule is CC(C=CC=CC=CC=CC=CC(O)=C1C(=O)C(CCC(=O)O)N(C)C1=O)=CC(C)C(O[C@@H]1C[C@H](O)[C@H](O)[C@@H](C)O1)C(C)C. The number of likely N-dealkylation sites (tertiary alicyclic amines) is 1. The molecule has 0 saturated carbocycles. The molecule has 242 valence electrons. The van der Waals surface area contributed by atoms with E-state index in [1.807, 2.05) is 37.3 Å². The van der Waals surface area contributed by atoms with Crippen molar-refractivity contribution >= 4 is 17.7 Å². The molecule has 1 amide bonds. The van der Waals surface area contributed by atoms with Crippen LogP contribution < -0.4 is 0 Å². The average molecular weight is 614 g/mol. The van der Waals surface area contributed by atoms with Crippen LogP contribution in [-0.4, -0.2) is 86.8 Å². The Labute approximate surface area is 260 Å². The van der Waals surface area contributed by atoms with Gasteiger partial charge in [0.2, 0.25) is 0 Å². The van der Waals surface area contributed by atoms with Gasteiger partial charge in [-0.1, -0.05) is 87.1 Å². The Morgan fingerprint density at radius 2 is 1.57 bits per heavy atom. The van der Waals surface area contributed by atoms with Gasteiger partial charge in [-0.25, -0.2) is 0 Å². The van der Waals surface area contributed by atoms with Crippen LogP contribution in [0.5, 0.6) is 0 Å². The van der Waals surface area contributed by atoms with E-state index in [9.17, 15) is 29.7 Å². The minimum atomic E-state index is -1.06. The van der Waals surface area contributed by atoms with Crippen molar-refractivity contribution in [2.45, 2.75) is 90.6 Å². The van der Waals surface area contributed by atoms with E-state index in [2.05, 4.69) is 26.8 Å². The number of ether oxygens (including phenoxy) is 2. The van der Waals surface area contributed by atoms with Crippen LogP contribution in [0.25, 0.3) is 0 Å². The van der Waals surface area contributed by atoms with E-state index in [-0.39, 0.29) is 42.8 Å². The van der Waals surface area contributed by atoms with Gasteiger partial charge in [0.15, 0.2) is 12.1 Å². The summed E-state index contributed by atoms with van der Waals surface area (Å²) < 4.78 is 12.0. The molecule has 0 aliphatic carbocycles. The molecule has 4 N–H and O–H groups in total. The first-order valence-electron chi connectivity index (χ1n) is 14.9. The number of likely N-dealkylation sites (N-methyl/N-ethyl adjacent to an activating group) is 1. The summed E-state index contributed by atoms with van der Waals surface area (Å²) in [6.45, 7) is 9.97. The van der Waals surface area contributed by atoms with Crippen molar-refractivity contribution in [3.05, 3.63) is 83.7 Å². The Hall–Kier alpha value is -3.57. The molecule has 2 aliphatic rings. The molecule has 0 spiro atoms. The Kier molecular flexibility index (Phi) is 14.7. The number of carbonyl (C=O) groups excluding carboxylic acids is 2. The maximum atomic E-state index is 12.5. The molecule has 2 heterocycles. The number of carboxylic acid groups (broad SMARTS) is 1. The normalized spacial score (nSPS) is 28.2. The van der Waals surface area contributed by atoms with E-state index in [1.54, 1.807) is 25.2 Å². The number of aliphatic carboxylic acids is 1. The molecular weight excluding hydrogens is 566 g/mol. The van der Waals surface area contributed by atoms with E-state index in [0.29, 0.717) is 0 Å². The van der Waals surface area contributed by atoms with Gasteiger partial charge in [0.25, 0.3) is 5.91 Å². The number of carboxylic acids is 1. The van der Waals surface area contributed by atoms with Crippen LogP contribution in [-0.2, 0) is 23.9 Å². The van der Waals surface area contributed by atoms with E-state index in [4.69, 9.17) is 14.6 Å². The van der Waals surface area contributed by atoms with Crippen LogP contribution >= 0.6 is 0 Å². The van der Waals surface area contributed by atoms with Gasteiger partial charge in [-0.3, -0.25) is 14.4 Å². The van der Waals surface area contributed by atoms with Gasteiger partial charge in [-0.2, -0.15) is 0 Å². The first kappa shape index (κ1) is 36.6. The molecule has 2 saturated heterocycles. The zero-order valence-corrected chi connectivity index (χ0v) is 26.4. The summed E-state index contributed by atoms with van der Waals surface area (Å²) >= 11 is 0. The molecule has 2 aliphatic heterocycles. The van der Waals surface area contributed by atoms with Crippen LogP contribution in [0.4, 0.5) is 0 Å². The number of allylic oxidation sites excluding steroid dienone is 11. The standard InChI is InChI=1S/C34H47NO9/c1-21(2)33(44-29-20-27(37)31(40)24(5)43-29)23(4)19-22(3)15-13-11-9-7-8-10-12-14-16-26(36)30-32(41)25(17-18-28(38)39)35(6)34(30)42/h7-16,19,21,23-25,27,29,31,33,36-37,40H,17-18,20H2,1-6H3,(H,38,39)/t23?,24-,25?,27+,29-,31-,33?/m1/s1. The molecule has 0 radical (unpaired) electrons. The predicted molar refractivity (Wildman–Crippen MR) is 167 cm³/mol. The monoisotopic (exact) mass is 613 g/mol. The first-order chi connectivity index (χ1) is 20.7. The maximum Gasteiger partial charge on any atom is 0.303 e. The van der Waals surface area contributed by atoms with Gasteiger partial charge in [0, 0.05) is 25.8 Å². The summed E-state index contributed by atoms with van der Waals surface area (Å²) in [5.74, 6) is -2.43. The van der Waals surface area contributed by atoms with Crippen molar-refractivity contribution in [1.82, 2.24) is 4.90 Å². The van der Waals surface area contributed by atoms with Crippen molar-refractivity contribution in [2.75, 3.05) is 7.05 Å². The van der Waals surface area contributed by atoms with Crippen molar-refractivity contribution in [3.63, 3.8) is 0 Å². The second-order valence-electron chi connectivity index (χ2n) is 11.5. The van der Waals surface area contributed by atoms with Crippen molar-refractivity contribution < 1.29 is 44.3 Å². The zero-order chi connectivity index (χ0) is 33.0. The second kappa shape index (κ2) is 17.7. The zero-order valence-electron chi connectivity index (χ0n) is 26.4. The third-order valence-corrected chi connectivity index (χ3v) is 7.52. The summed E-state index contributed by atoms with van der Waals surface area (Å²) in [4.78, 5) is 36.9. The number of Topliss-reactive ketones (excluding diaryl/α,β-unsaturated/α-hetero) is 1. The lowest BCUT2D eigenvalue weighted by atomic mass is 9.92. The van der Waals surface area contributed by atoms with Crippen molar-refractivity contribution in [1.29, 1.82) is 0 Å². The third-order valence-electron chi connectivity index (χ3n) is 7.52. The highest BCUT2D eigenvalue weighted by molar-refractivity contribution is 6.27.